The summed E-state index contributed by atoms with van der Waals surface area (Å²) in [5.41, 5.74) is 14.4. The molecule has 0 atom stereocenters. The SMILES string of the molecule is c1ccc(-c2nc(-c3ccc(-c4cccc5c4oc4ccccc45)cc3)c3oc4ccc(-c5ccc6c(c5)c5ccc7ccccc7c5n6-c5ccccc5)cc4c3n2)cc1. The van der Waals surface area contributed by atoms with E-state index in [0.717, 1.165) is 83.2 Å². The molecular weight excluding hydrogens is 747 g/mol. The quantitative estimate of drug-likeness (QED) is 0.175. The normalized spacial score (nSPS) is 11.9. The van der Waals surface area contributed by atoms with E-state index in [1.807, 2.05) is 30.3 Å². The number of rotatable bonds is 5. The molecule has 0 bridgehead atoms. The molecule has 0 saturated carbocycles. The van der Waals surface area contributed by atoms with Crippen molar-refractivity contribution in [1.29, 1.82) is 0 Å². The number of furan rings is 2. The lowest BCUT2D eigenvalue weighted by Crippen LogP contribution is -1.94. The van der Waals surface area contributed by atoms with E-state index in [-0.39, 0.29) is 0 Å². The molecule has 0 aliphatic carbocycles. The van der Waals surface area contributed by atoms with E-state index in [1.54, 1.807) is 0 Å². The first-order valence-electron chi connectivity index (χ1n) is 20.6. The van der Waals surface area contributed by atoms with Crippen molar-refractivity contribution < 1.29 is 8.83 Å². The van der Waals surface area contributed by atoms with Crippen LogP contribution < -0.4 is 0 Å². The summed E-state index contributed by atoms with van der Waals surface area (Å²) in [6, 6.07) is 70.3. The van der Waals surface area contributed by atoms with Crippen LogP contribution in [0.3, 0.4) is 0 Å². The van der Waals surface area contributed by atoms with Gasteiger partial charge in [0.15, 0.2) is 11.4 Å². The predicted molar refractivity (Wildman–Crippen MR) is 250 cm³/mol. The lowest BCUT2D eigenvalue weighted by atomic mass is 9.99. The zero-order valence-corrected chi connectivity index (χ0v) is 32.7. The van der Waals surface area contributed by atoms with Gasteiger partial charge in [-0.1, -0.05) is 158 Å². The third-order valence-electron chi connectivity index (χ3n) is 12.2. The number of aromatic nitrogens is 3. The Labute approximate surface area is 349 Å². The van der Waals surface area contributed by atoms with Crippen molar-refractivity contribution in [3.63, 3.8) is 0 Å². The van der Waals surface area contributed by atoms with Crippen LogP contribution in [0.25, 0.3) is 127 Å². The summed E-state index contributed by atoms with van der Waals surface area (Å²) in [6.45, 7) is 0. The zero-order chi connectivity index (χ0) is 40.0. The first kappa shape index (κ1) is 33.7. The van der Waals surface area contributed by atoms with Crippen LogP contribution in [0.5, 0.6) is 0 Å². The molecule has 0 fully saturated rings. The molecule has 0 saturated heterocycles. The van der Waals surface area contributed by atoms with Gasteiger partial charge in [0.2, 0.25) is 0 Å². The minimum atomic E-state index is 0.648. The van der Waals surface area contributed by atoms with E-state index < -0.39 is 0 Å². The van der Waals surface area contributed by atoms with E-state index >= 15 is 0 Å². The molecule has 9 aromatic carbocycles. The van der Waals surface area contributed by atoms with Crippen LogP contribution in [0.4, 0.5) is 0 Å². The Morgan fingerprint density at radius 3 is 1.89 bits per heavy atom. The first-order chi connectivity index (χ1) is 30.2. The molecule has 0 spiro atoms. The number of nitrogens with zero attached hydrogens (tertiary/aromatic N) is 3. The van der Waals surface area contributed by atoms with E-state index in [0.29, 0.717) is 11.4 Å². The minimum absolute atomic E-state index is 0.648. The summed E-state index contributed by atoms with van der Waals surface area (Å²) < 4.78 is 15.5. The fourth-order valence-corrected chi connectivity index (χ4v) is 9.32. The van der Waals surface area contributed by atoms with Gasteiger partial charge in [-0.25, -0.2) is 9.97 Å². The summed E-state index contributed by atoms with van der Waals surface area (Å²) in [4.78, 5) is 10.4. The summed E-state index contributed by atoms with van der Waals surface area (Å²) in [7, 11) is 0. The average molecular weight is 780 g/mol. The van der Waals surface area contributed by atoms with Gasteiger partial charge in [-0.3, -0.25) is 0 Å². The van der Waals surface area contributed by atoms with Gasteiger partial charge in [0.05, 0.1) is 11.0 Å². The Morgan fingerprint density at radius 2 is 1.03 bits per heavy atom. The van der Waals surface area contributed by atoms with Crippen LogP contribution in [-0.2, 0) is 0 Å². The van der Waals surface area contributed by atoms with Gasteiger partial charge in [0.25, 0.3) is 0 Å². The lowest BCUT2D eigenvalue weighted by Gasteiger charge is -2.10. The summed E-state index contributed by atoms with van der Waals surface area (Å²) >= 11 is 0. The molecule has 4 heterocycles. The Bertz CT molecular complexity index is 3860. The lowest BCUT2D eigenvalue weighted by molar-refractivity contribution is 0.667. The molecule has 5 nitrogen and oxygen atoms in total. The zero-order valence-electron chi connectivity index (χ0n) is 32.7. The van der Waals surface area contributed by atoms with Crippen LogP contribution in [0.15, 0.2) is 209 Å². The van der Waals surface area contributed by atoms with E-state index in [4.69, 9.17) is 18.8 Å². The molecule has 5 heteroatoms. The standard InChI is InChI=1S/C56H33N3O2/c1-3-13-37(14-4-1)56-57-51(36-24-22-35(23-25-36)42-19-11-20-45-43-18-9-10-21-49(43)60-54(42)45)55-52(58-56)47-33-39(28-31-50(47)61-55)38-27-30-48-46(32-38)44-29-26-34-12-7-8-17-41(34)53(44)59(48)40-15-5-2-6-16-40/h1-33H. The van der Waals surface area contributed by atoms with E-state index in [9.17, 15) is 0 Å². The summed E-state index contributed by atoms with van der Waals surface area (Å²) in [5, 5.41) is 8.05. The molecule has 13 rings (SSSR count). The van der Waals surface area contributed by atoms with E-state index in [1.165, 1.54) is 32.6 Å². The van der Waals surface area contributed by atoms with Crippen LogP contribution in [-0.4, -0.2) is 14.5 Å². The van der Waals surface area contributed by atoms with Gasteiger partial charge in [0, 0.05) is 54.7 Å². The van der Waals surface area contributed by atoms with Crippen molar-refractivity contribution in [3.8, 4) is 50.6 Å². The third kappa shape index (κ3) is 5.21. The van der Waals surface area contributed by atoms with Gasteiger partial charge in [-0.2, -0.15) is 0 Å². The Kier molecular flexibility index (Phi) is 7.24. The number of benzene rings is 9. The van der Waals surface area contributed by atoms with Crippen LogP contribution in [0.1, 0.15) is 0 Å². The Morgan fingerprint density at radius 1 is 0.377 bits per heavy atom. The highest BCUT2D eigenvalue weighted by Gasteiger charge is 2.21. The monoisotopic (exact) mass is 779 g/mol. The van der Waals surface area contributed by atoms with Crippen LogP contribution in [0.2, 0.25) is 0 Å². The molecule has 0 radical (unpaired) electrons. The fraction of sp³-hybridized carbons (Fsp3) is 0. The van der Waals surface area contributed by atoms with Crippen molar-refractivity contribution in [2.45, 2.75) is 0 Å². The largest absolute Gasteiger partial charge is 0.455 e. The number of fused-ring (bicyclic) bond motifs is 11. The summed E-state index contributed by atoms with van der Waals surface area (Å²) in [6.07, 6.45) is 0. The van der Waals surface area contributed by atoms with Gasteiger partial charge < -0.3 is 13.4 Å². The third-order valence-corrected chi connectivity index (χ3v) is 12.2. The molecule has 0 aliphatic heterocycles. The number of para-hydroxylation sites is 3. The molecule has 13 aromatic rings. The molecule has 4 aromatic heterocycles. The average Bonchev–Trinajstić information content (AvgIpc) is 4.01. The van der Waals surface area contributed by atoms with Crippen molar-refractivity contribution in [3.05, 3.63) is 200 Å². The van der Waals surface area contributed by atoms with Crippen molar-refractivity contribution >= 4 is 76.6 Å². The molecule has 284 valence electrons. The first-order valence-corrected chi connectivity index (χ1v) is 20.6. The summed E-state index contributed by atoms with van der Waals surface area (Å²) in [5.74, 6) is 0.648. The predicted octanol–water partition coefficient (Wildman–Crippen LogP) is 15.2. The highest BCUT2D eigenvalue weighted by atomic mass is 16.3. The van der Waals surface area contributed by atoms with Crippen molar-refractivity contribution in [2.75, 3.05) is 0 Å². The maximum Gasteiger partial charge on any atom is 0.180 e. The highest BCUT2D eigenvalue weighted by molar-refractivity contribution is 6.19. The second-order valence-corrected chi connectivity index (χ2v) is 15.7. The fourth-order valence-electron chi connectivity index (χ4n) is 9.32. The molecule has 0 amide bonds. The number of hydrogen-bond donors (Lipinski definition) is 0. The molecule has 0 N–H and O–H groups in total. The smallest absolute Gasteiger partial charge is 0.180 e. The van der Waals surface area contributed by atoms with E-state index in [2.05, 4.69) is 174 Å². The molecule has 61 heavy (non-hydrogen) atoms. The van der Waals surface area contributed by atoms with Gasteiger partial charge in [-0.15, -0.1) is 0 Å². The Hall–Kier alpha value is -8.28. The second kappa shape index (κ2) is 13.1. The van der Waals surface area contributed by atoms with Gasteiger partial charge in [0.1, 0.15) is 28.0 Å². The minimum Gasteiger partial charge on any atom is -0.455 e. The van der Waals surface area contributed by atoms with Crippen molar-refractivity contribution in [1.82, 2.24) is 14.5 Å². The van der Waals surface area contributed by atoms with Crippen molar-refractivity contribution in [2.24, 2.45) is 0 Å². The maximum absolute atomic E-state index is 6.70. The molecule has 0 aliphatic rings. The topological polar surface area (TPSA) is 57.0 Å². The highest BCUT2D eigenvalue weighted by Crippen LogP contribution is 2.42. The van der Waals surface area contributed by atoms with Crippen LogP contribution >= 0.6 is 0 Å². The molecule has 0 unspecified atom stereocenters. The second-order valence-electron chi connectivity index (χ2n) is 15.7. The molecular formula is C56H33N3O2. The Balaban J connectivity index is 0.970. The number of hydrogen-bond acceptors (Lipinski definition) is 4. The van der Waals surface area contributed by atoms with Crippen LogP contribution in [0, 0.1) is 0 Å². The van der Waals surface area contributed by atoms with Gasteiger partial charge >= 0.3 is 0 Å². The van der Waals surface area contributed by atoms with Gasteiger partial charge in [-0.05, 0) is 64.5 Å². The maximum atomic E-state index is 6.70.